The SMILES string of the molecule is CC(C)C[C@@H]1CCc2c(N)cccc21. The van der Waals surface area contributed by atoms with Crippen LogP contribution in [0.1, 0.15) is 43.7 Å². The number of fused-ring (bicyclic) bond motifs is 1. The lowest BCUT2D eigenvalue weighted by atomic mass is 9.92. The molecule has 14 heavy (non-hydrogen) atoms. The minimum Gasteiger partial charge on any atom is -0.398 e. The zero-order valence-electron chi connectivity index (χ0n) is 9.09. The Hall–Kier alpha value is -0.980. The lowest BCUT2D eigenvalue weighted by Gasteiger charge is -2.14. The zero-order chi connectivity index (χ0) is 10.1. The van der Waals surface area contributed by atoms with E-state index < -0.39 is 0 Å². The first-order chi connectivity index (χ1) is 6.68. The highest BCUT2D eigenvalue weighted by Crippen LogP contribution is 2.39. The summed E-state index contributed by atoms with van der Waals surface area (Å²) in [6, 6.07) is 6.37. The summed E-state index contributed by atoms with van der Waals surface area (Å²) in [5.74, 6) is 1.54. The van der Waals surface area contributed by atoms with E-state index in [4.69, 9.17) is 5.73 Å². The second-order valence-corrected chi connectivity index (χ2v) is 4.78. The maximum atomic E-state index is 5.96. The summed E-state index contributed by atoms with van der Waals surface area (Å²) in [5, 5.41) is 0. The molecule has 0 saturated carbocycles. The van der Waals surface area contributed by atoms with E-state index in [1.807, 2.05) is 6.07 Å². The van der Waals surface area contributed by atoms with Gasteiger partial charge in [-0.25, -0.2) is 0 Å². The second kappa shape index (κ2) is 3.64. The van der Waals surface area contributed by atoms with Gasteiger partial charge in [0.05, 0.1) is 0 Å². The molecule has 2 N–H and O–H groups in total. The van der Waals surface area contributed by atoms with Crippen molar-refractivity contribution in [1.29, 1.82) is 0 Å². The lowest BCUT2D eigenvalue weighted by Crippen LogP contribution is -1.99. The van der Waals surface area contributed by atoms with Crippen molar-refractivity contribution in [2.75, 3.05) is 5.73 Å². The van der Waals surface area contributed by atoms with Crippen LogP contribution in [0.4, 0.5) is 5.69 Å². The highest BCUT2D eigenvalue weighted by molar-refractivity contribution is 5.54. The first kappa shape index (κ1) is 9.57. The van der Waals surface area contributed by atoms with E-state index in [-0.39, 0.29) is 0 Å². The predicted octanol–water partition coefficient (Wildman–Crippen LogP) is 3.34. The minimum atomic E-state index is 0.758. The minimum absolute atomic E-state index is 0.758. The van der Waals surface area contributed by atoms with Gasteiger partial charge in [-0.15, -0.1) is 0 Å². The van der Waals surface area contributed by atoms with Crippen molar-refractivity contribution in [2.45, 2.75) is 39.0 Å². The molecule has 1 atom stereocenters. The predicted molar refractivity (Wildman–Crippen MR) is 61.4 cm³/mol. The molecule has 0 saturated heterocycles. The summed E-state index contributed by atoms with van der Waals surface area (Å²) < 4.78 is 0. The molecule has 76 valence electrons. The van der Waals surface area contributed by atoms with E-state index in [0.29, 0.717) is 0 Å². The number of hydrogen-bond donors (Lipinski definition) is 1. The third-order valence-corrected chi connectivity index (χ3v) is 3.19. The summed E-state index contributed by atoms with van der Waals surface area (Å²) in [5.41, 5.74) is 9.89. The van der Waals surface area contributed by atoms with Crippen LogP contribution >= 0.6 is 0 Å². The Labute approximate surface area is 86.3 Å². The average molecular weight is 189 g/mol. The number of benzene rings is 1. The Morgan fingerprint density at radius 3 is 2.93 bits per heavy atom. The largest absolute Gasteiger partial charge is 0.398 e. The van der Waals surface area contributed by atoms with E-state index in [9.17, 15) is 0 Å². The van der Waals surface area contributed by atoms with E-state index in [0.717, 1.165) is 17.5 Å². The summed E-state index contributed by atoms with van der Waals surface area (Å²) in [4.78, 5) is 0. The van der Waals surface area contributed by atoms with Gasteiger partial charge >= 0.3 is 0 Å². The van der Waals surface area contributed by atoms with Crippen LogP contribution in [0.15, 0.2) is 18.2 Å². The molecule has 0 radical (unpaired) electrons. The van der Waals surface area contributed by atoms with Gasteiger partial charge in [-0.3, -0.25) is 0 Å². The molecule has 0 spiro atoms. The third-order valence-electron chi connectivity index (χ3n) is 3.19. The van der Waals surface area contributed by atoms with Crippen LogP contribution in [-0.4, -0.2) is 0 Å². The van der Waals surface area contributed by atoms with Gasteiger partial charge in [-0.05, 0) is 48.3 Å². The molecule has 1 aliphatic carbocycles. The highest BCUT2D eigenvalue weighted by Gasteiger charge is 2.24. The number of hydrogen-bond acceptors (Lipinski definition) is 1. The molecule has 0 fully saturated rings. The fourth-order valence-corrected chi connectivity index (χ4v) is 2.58. The molecule has 1 aromatic carbocycles. The second-order valence-electron chi connectivity index (χ2n) is 4.78. The number of anilines is 1. The highest BCUT2D eigenvalue weighted by atomic mass is 14.6. The van der Waals surface area contributed by atoms with Gasteiger partial charge in [-0.1, -0.05) is 26.0 Å². The molecule has 1 heteroatoms. The van der Waals surface area contributed by atoms with Crippen molar-refractivity contribution < 1.29 is 0 Å². The summed E-state index contributed by atoms with van der Waals surface area (Å²) in [7, 11) is 0. The Balaban J connectivity index is 2.26. The van der Waals surface area contributed by atoms with Crippen molar-refractivity contribution in [3.05, 3.63) is 29.3 Å². The van der Waals surface area contributed by atoms with Crippen LogP contribution in [0.25, 0.3) is 0 Å². The van der Waals surface area contributed by atoms with Crippen LogP contribution in [0.3, 0.4) is 0 Å². The molecule has 0 aliphatic heterocycles. The van der Waals surface area contributed by atoms with Crippen molar-refractivity contribution in [3.63, 3.8) is 0 Å². The molecular weight excluding hydrogens is 170 g/mol. The van der Waals surface area contributed by atoms with Gasteiger partial charge in [0.1, 0.15) is 0 Å². The molecule has 1 aliphatic rings. The normalized spacial score (nSPS) is 20.1. The molecule has 0 heterocycles. The first-order valence-corrected chi connectivity index (χ1v) is 5.55. The summed E-state index contributed by atoms with van der Waals surface area (Å²) >= 11 is 0. The molecule has 0 amide bonds. The maximum Gasteiger partial charge on any atom is 0.0349 e. The van der Waals surface area contributed by atoms with Crippen LogP contribution in [0.2, 0.25) is 0 Å². The molecule has 1 nitrogen and oxygen atoms in total. The summed E-state index contributed by atoms with van der Waals surface area (Å²) in [6.45, 7) is 4.59. The van der Waals surface area contributed by atoms with Gasteiger partial charge < -0.3 is 5.73 Å². The Kier molecular flexibility index (Phi) is 2.49. The Morgan fingerprint density at radius 2 is 2.21 bits per heavy atom. The van der Waals surface area contributed by atoms with Gasteiger partial charge in [-0.2, -0.15) is 0 Å². The van der Waals surface area contributed by atoms with Crippen LogP contribution in [0.5, 0.6) is 0 Å². The molecule has 1 aromatic rings. The quantitative estimate of drug-likeness (QED) is 0.709. The topological polar surface area (TPSA) is 26.0 Å². The fourth-order valence-electron chi connectivity index (χ4n) is 2.58. The van der Waals surface area contributed by atoms with Gasteiger partial charge in [0.15, 0.2) is 0 Å². The maximum absolute atomic E-state index is 5.96. The van der Waals surface area contributed by atoms with Gasteiger partial charge in [0.2, 0.25) is 0 Å². The monoisotopic (exact) mass is 189 g/mol. The molecular formula is C13H19N. The number of nitrogens with two attached hydrogens (primary N) is 1. The first-order valence-electron chi connectivity index (χ1n) is 5.55. The molecule has 0 bridgehead atoms. The molecule has 0 aromatic heterocycles. The average Bonchev–Trinajstić information content (AvgIpc) is 2.49. The van der Waals surface area contributed by atoms with Crippen molar-refractivity contribution in [2.24, 2.45) is 5.92 Å². The fraction of sp³-hybridized carbons (Fsp3) is 0.538. The number of nitrogen functional groups attached to an aromatic ring is 1. The number of rotatable bonds is 2. The van der Waals surface area contributed by atoms with Crippen LogP contribution in [0, 0.1) is 5.92 Å². The lowest BCUT2D eigenvalue weighted by molar-refractivity contribution is 0.497. The Morgan fingerprint density at radius 1 is 1.43 bits per heavy atom. The smallest absolute Gasteiger partial charge is 0.0349 e. The van der Waals surface area contributed by atoms with Crippen molar-refractivity contribution in [1.82, 2.24) is 0 Å². The van der Waals surface area contributed by atoms with E-state index in [1.165, 1.54) is 30.4 Å². The van der Waals surface area contributed by atoms with E-state index in [2.05, 4.69) is 26.0 Å². The van der Waals surface area contributed by atoms with Crippen LogP contribution < -0.4 is 5.73 Å². The third kappa shape index (κ3) is 1.63. The van der Waals surface area contributed by atoms with Crippen LogP contribution in [-0.2, 0) is 6.42 Å². The Bertz CT molecular complexity index is 328. The van der Waals surface area contributed by atoms with E-state index in [1.54, 1.807) is 0 Å². The van der Waals surface area contributed by atoms with Gasteiger partial charge in [0.25, 0.3) is 0 Å². The van der Waals surface area contributed by atoms with Crippen molar-refractivity contribution in [3.8, 4) is 0 Å². The summed E-state index contributed by atoms with van der Waals surface area (Å²) in [6.07, 6.45) is 3.78. The van der Waals surface area contributed by atoms with E-state index >= 15 is 0 Å². The zero-order valence-corrected chi connectivity index (χ0v) is 9.09. The van der Waals surface area contributed by atoms with Gasteiger partial charge in [0, 0.05) is 5.69 Å². The van der Waals surface area contributed by atoms with Crippen molar-refractivity contribution >= 4 is 5.69 Å². The molecule has 0 unspecified atom stereocenters. The standard InChI is InChI=1S/C13H19N/c1-9(2)8-10-6-7-12-11(10)4-3-5-13(12)14/h3-5,9-10H,6-8,14H2,1-2H3/t10-/m0/s1. The molecule has 2 rings (SSSR count).